The van der Waals surface area contributed by atoms with Crippen LogP contribution in [0.4, 0.5) is 0 Å². The van der Waals surface area contributed by atoms with E-state index in [0.717, 1.165) is 30.3 Å². The number of rotatable bonds is 5. The molecule has 0 aliphatic carbocycles. The van der Waals surface area contributed by atoms with Crippen molar-refractivity contribution < 1.29 is 0 Å². The molecule has 2 aromatic rings. The number of nitrogens with one attached hydrogen (secondary N) is 1. The van der Waals surface area contributed by atoms with Gasteiger partial charge in [-0.05, 0) is 50.4 Å². The summed E-state index contributed by atoms with van der Waals surface area (Å²) < 4.78 is 1.91. The maximum absolute atomic E-state index is 4.53. The second kappa shape index (κ2) is 6.18. The third-order valence-corrected chi connectivity index (χ3v) is 3.56. The molecule has 108 valence electrons. The molecular weight excluding hydrogens is 248 g/mol. The van der Waals surface area contributed by atoms with Crippen molar-refractivity contribution in [3.05, 3.63) is 40.8 Å². The lowest BCUT2D eigenvalue weighted by atomic mass is 10.2. The van der Waals surface area contributed by atoms with Gasteiger partial charge in [-0.2, -0.15) is 5.10 Å². The lowest BCUT2D eigenvalue weighted by Gasteiger charge is -2.08. The second-order valence-electron chi connectivity index (χ2n) is 5.76. The molecule has 0 unspecified atom stereocenters. The summed E-state index contributed by atoms with van der Waals surface area (Å²) in [6.45, 7) is 12.5. The molecule has 0 aliphatic rings. The molecule has 0 saturated carbocycles. The molecule has 0 fully saturated rings. The van der Waals surface area contributed by atoms with Crippen LogP contribution in [0.1, 0.15) is 36.4 Å². The molecule has 2 heterocycles. The SMILES string of the molecule is Cc1nn(-c2ccc(CNCC(C)C)cn2)c(C)c1C. The fraction of sp³-hybridized carbons (Fsp3) is 0.500. The minimum absolute atomic E-state index is 0.667. The van der Waals surface area contributed by atoms with Crippen LogP contribution in [-0.2, 0) is 6.54 Å². The van der Waals surface area contributed by atoms with E-state index >= 15 is 0 Å². The van der Waals surface area contributed by atoms with E-state index in [1.807, 2.05) is 23.9 Å². The summed E-state index contributed by atoms with van der Waals surface area (Å²) >= 11 is 0. The highest BCUT2D eigenvalue weighted by molar-refractivity contribution is 5.32. The Morgan fingerprint density at radius 2 is 1.95 bits per heavy atom. The van der Waals surface area contributed by atoms with Crippen LogP contribution in [0, 0.1) is 26.7 Å². The highest BCUT2D eigenvalue weighted by Crippen LogP contribution is 2.15. The first kappa shape index (κ1) is 14.7. The number of hydrogen-bond acceptors (Lipinski definition) is 3. The summed E-state index contributed by atoms with van der Waals surface area (Å²) in [5, 5.41) is 7.96. The molecule has 0 radical (unpaired) electrons. The first-order valence-corrected chi connectivity index (χ1v) is 7.18. The summed E-state index contributed by atoms with van der Waals surface area (Å²) in [7, 11) is 0. The van der Waals surface area contributed by atoms with E-state index < -0.39 is 0 Å². The molecule has 20 heavy (non-hydrogen) atoms. The second-order valence-corrected chi connectivity index (χ2v) is 5.76. The van der Waals surface area contributed by atoms with Gasteiger partial charge in [0.15, 0.2) is 5.82 Å². The van der Waals surface area contributed by atoms with Crippen molar-refractivity contribution in [2.45, 2.75) is 41.2 Å². The Morgan fingerprint density at radius 3 is 2.45 bits per heavy atom. The minimum atomic E-state index is 0.667. The van der Waals surface area contributed by atoms with Gasteiger partial charge in [0, 0.05) is 18.4 Å². The third kappa shape index (κ3) is 3.25. The van der Waals surface area contributed by atoms with Crippen LogP contribution in [0.25, 0.3) is 5.82 Å². The lowest BCUT2D eigenvalue weighted by Crippen LogP contribution is -2.19. The van der Waals surface area contributed by atoms with Crippen LogP contribution >= 0.6 is 0 Å². The van der Waals surface area contributed by atoms with E-state index in [1.165, 1.54) is 11.1 Å². The standard InChI is InChI=1S/C16H24N4/c1-11(2)8-17-9-15-6-7-16(18-10-15)20-14(5)12(3)13(4)19-20/h6-7,10-11,17H,8-9H2,1-5H3. The number of aryl methyl sites for hydroxylation is 1. The third-order valence-electron chi connectivity index (χ3n) is 3.56. The summed E-state index contributed by atoms with van der Waals surface area (Å²) in [6.07, 6.45) is 1.93. The largest absolute Gasteiger partial charge is 0.312 e. The van der Waals surface area contributed by atoms with Crippen molar-refractivity contribution in [1.29, 1.82) is 0 Å². The van der Waals surface area contributed by atoms with E-state index in [2.05, 4.69) is 49.2 Å². The van der Waals surface area contributed by atoms with Gasteiger partial charge in [-0.1, -0.05) is 19.9 Å². The highest BCUT2D eigenvalue weighted by atomic mass is 15.3. The number of nitrogens with zero attached hydrogens (tertiary/aromatic N) is 3. The maximum atomic E-state index is 4.53. The van der Waals surface area contributed by atoms with Gasteiger partial charge in [0.05, 0.1) is 5.69 Å². The van der Waals surface area contributed by atoms with Crippen molar-refractivity contribution in [3.63, 3.8) is 0 Å². The summed E-state index contributed by atoms with van der Waals surface area (Å²) in [4.78, 5) is 4.52. The first-order chi connectivity index (χ1) is 9.49. The van der Waals surface area contributed by atoms with Crippen LogP contribution in [-0.4, -0.2) is 21.3 Å². The van der Waals surface area contributed by atoms with E-state index in [0.29, 0.717) is 5.92 Å². The first-order valence-electron chi connectivity index (χ1n) is 7.18. The van der Waals surface area contributed by atoms with Crippen LogP contribution in [0.2, 0.25) is 0 Å². The number of hydrogen-bond donors (Lipinski definition) is 1. The van der Waals surface area contributed by atoms with Gasteiger partial charge in [-0.25, -0.2) is 9.67 Å². The van der Waals surface area contributed by atoms with Gasteiger partial charge in [0.25, 0.3) is 0 Å². The Kier molecular flexibility index (Phi) is 4.55. The van der Waals surface area contributed by atoms with E-state index in [1.54, 1.807) is 0 Å². The van der Waals surface area contributed by atoms with Gasteiger partial charge in [0.2, 0.25) is 0 Å². The van der Waals surface area contributed by atoms with Crippen LogP contribution < -0.4 is 5.32 Å². The zero-order valence-electron chi connectivity index (χ0n) is 13.1. The smallest absolute Gasteiger partial charge is 0.153 e. The lowest BCUT2D eigenvalue weighted by molar-refractivity contribution is 0.552. The molecule has 0 atom stereocenters. The number of aromatic nitrogens is 3. The van der Waals surface area contributed by atoms with Gasteiger partial charge in [-0.3, -0.25) is 0 Å². The van der Waals surface area contributed by atoms with Gasteiger partial charge in [-0.15, -0.1) is 0 Å². The Bertz CT molecular complexity index is 567. The normalized spacial score (nSPS) is 11.3. The molecule has 0 spiro atoms. The Morgan fingerprint density at radius 1 is 1.20 bits per heavy atom. The quantitative estimate of drug-likeness (QED) is 0.910. The monoisotopic (exact) mass is 272 g/mol. The molecule has 0 saturated heterocycles. The molecule has 0 aromatic carbocycles. The van der Waals surface area contributed by atoms with Gasteiger partial charge >= 0.3 is 0 Å². The summed E-state index contributed by atoms with van der Waals surface area (Å²) in [6, 6.07) is 4.15. The molecule has 4 nitrogen and oxygen atoms in total. The summed E-state index contributed by atoms with van der Waals surface area (Å²) in [5.41, 5.74) is 4.65. The summed E-state index contributed by atoms with van der Waals surface area (Å²) in [5.74, 6) is 1.55. The van der Waals surface area contributed by atoms with Gasteiger partial charge in [0.1, 0.15) is 0 Å². The van der Waals surface area contributed by atoms with Crippen LogP contribution in [0.15, 0.2) is 18.3 Å². The molecule has 0 aliphatic heterocycles. The van der Waals surface area contributed by atoms with Crippen molar-refractivity contribution in [2.75, 3.05) is 6.54 Å². The average Bonchev–Trinajstić information content (AvgIpc) is 2.67. The Labute approximate surface area is 121 Å². The van der Waals surface area contributed by atoms with Crippen LogP contribution in [0.5, 0.6) is 0 Å². The maximum Gasteiger partial charge on any atom is 0.153 e. The highest BCUT2D eigenvalue weighted by Gasteiger charge is 2.09. The molecule has 4 heteroatoms. The molecule has 2 aromatic heterocycles. The van der Waals surface area contributed by atoms with Crippen LogP contribution in [0.3, 0.4) is 0 Å². The van der Waals surface area contributed by atoms with Crippen molar-refractivity contribution in [1.82, 2.24) is 20.1 Å². The number of pyridine rings is 1. The molecule has 0 bridgehead atoms. The van der Waals surface area contributed by atoms with Crippen molar-refractivity contribution >= 4 is 0 Å². The predicted molar refractivity (Wildman–Crippen MR) is 82.1 cm³/mol. The predicted octanol–water partition coefficient (Wildman–Crippen LogP) is 2.94. The average molecular weight is 272 g/mol. The van der Waals surface area contributed by atoms with Gasteiger partial charge < -0.3 is 5.32 Å². The fourth-order valence-corrected chi connectivity index (χ4v) is 2.10. The molecule has 2 rings (SSSR count). The topological polar surface area (TPSA) is 42.7 Å². The van der Waals surface area contributed by atoms with E-state index in [4.69, 9.17) is 0 Å². The zero-order valence-corrected chi connectivity index (χ0v) is 13.1. The Balaban J connectivity index is 2.10. The fourth-order valence-electron chi connectivity index (χ4n) is 2.10. The zero-order chi connectivity index (χ0) is 14.7. The molecular formula is C16H24N4. The van der Waals surface area contributed by atoms with Crippen molar-refractivity contribution in [2.24, 2.45) is 5.92 Å². The molecule has 0 amide bonds. The van der Waals surface area contributed by atoms with E-state index in [9.17, 15) is 0 Å². The van der Waals surface area contributed by atoms with Crippen molar-refractivity contribution in [3.8, 4) is 5.82 Å². The minimum Gasteiger partial charge on any atom is -0.312 e. The van der Waals surface area contributed by atoms with E-state index in [-0.39, 0.29) is 0 Å². The molecule has 1 N–H and O–H groups in total. The Hall–Kier alpha value is -1.68.